The van der Waals surface area contributed by atoms with E-state index in [-0.39, 0.29) is 11.4 Å². The summed E-state index contributed by atoms with van der Waals surface area (Å²) in [5.41, 5.74) is 1.84. The van der Waals surface area contributed by atoms with E-state index in [1.165, 1.54) is 4.31 Å². The van der Waals surface area contributed by atoms with E-state index in [2.05, 4.69) is 25.0 Å². The van der Waals surface area contributed by atoms with E-state index in [1.807, 2.05) is 37.3 Å². The van der Waals surface area contributed by atoms with Crippen molar-refractivity contribution in [3.63, 3.8) is 0 Å². The molecule has 0 saturated heterocycles. The second kappa shape index (κ2) is 8.48. The zero-order valence-electron chi connectivity index (χ0n) is 14.2. The maximum atomic E-state index is 13.0. The molecule has 0 unspecified atom stereocenters. The molecule has 0 N–H and O–H groups in total. The van der Waals surface area contributed by atoms with Crippen LogP contribution in [0.15, 0.2) is 84.8 Å². The second-order valence-electron chi connectivity index (χ2n) is 5.49. The predicted octanol–water partition coefficient (Wildman–Crippen LogP) is 3.78. The molecule has 2 rings (SSSR count). The van der Waals surface area contributed by atoms with Crippen LogP contribution < -0.4 is 0 Å². The lowest BCUT2D eigenvalue weighted by molar-refractivity contribution is 0.435. The minimum absolute atomic E-state index is 0.0494. The van der Waals surface area contributed by atoms with Gasteiger partial charge in [-0.1, -0.05) is 59.9 Å². The van der Waals surface area contributed by atoms with Crippen LogP contribution in [0.2, 0.25) is 0 Å². The van der Waals surface area contributed by atoms with Crippen LogP contribution in [-0.4, -0.2) is 25.3 Å². The first kappa shape index (κ1) is 18.7. The number of benzene rings is 2. The Bertz CT molecular complexity index is 880. The van der Waals surface area contributed by atoms with Crippen molar-refractivity contribution >= 4 is 10.0 Å². The SMILES string of the molecule is C=CC(C=C)N(CC#Cc1ccccc1)S(=O)(=O)c1ccc(C)cc1. The third-order valence-electron chi connectivity index (χ3n) is 3.68. The van der Waals surface area contributed by atoms with Gasteiger partial charge in [0.2, 0.25) is 10.0 Å². The number of hydrogen-bond acceptors (Lipinski definition) is 2. The number of hydrogen-bond donors (Lipinski definition) is 0. The minimum Gasteiger partial charge on any atom is -0.207 e. The van der Waals surface area contributed by atoms with Crippen molar-refractivity contribution in [2.24, 2.45) is 0 Å². The normalized spacial score (nSPS) is 11.0. The highest BCUT2D eigenvalue weighted by molar-refractivity contribution is 7.89. The molecule has 2 aromatic carbocycles. The summed E-state index contributed by atoms with van der Waals surface area (Å²) in [4.78, 5) is 0.230. The van der Waals surface area contributed by atoms with Crippen molar-refractivity contribution < 1.29 is 8.42 Å². The minimum atomic E-state index is -3.71. The van der Waals surface area contributed by atoms with Gasteiger partial charge in [0.25, 0.3) is 0 Å². The van der Waals surface area contributed by atoms with E-state index in [9.17, 15) is 8.42 Å². The smallest absolute Gasteiger partial charge is 0.207 e. The van der Waals surface area contributed by atoms with E-state index in [4.69, 9.17) is 0 Å². The van der Waals surface area contributed by atoms with Gasteiger partial charge in [-0.15, -0.1) is 13.2 Å². The third-order valence-corrected chi connectivity index (χ3v) is 5.54. The van der Waals surface area contributed by atoms with Crippen LogP contribution in [0.25, 0.3) is 0 Å². The molecule has 0 radical (unpaired) electrons. The fraction of sp³-hybridized carbons (Fsp3) is 0.143. The van der Waals surface area contributed by atoms with Gasteiger partial charge in [0, 0.05) is 5.56 Å². The largest absolute Gasteiger partial charge is 0.244 e. The summed E-state index contributed by atoms with van der Waals surface area (Å²) in [6, 6.07) is 15.7. The second-order valence-corrected chi connectivity index (χ2v) is 7.38. The highest BCUT2D eigenvalue weighted by Crippen LogP contribution is 2.19. The monoisotopic (exact) mass is 351 g/mol. The summed E-state index contributed by atoms with van der Waals surface area (Å²) in [6.45, 7) is 9.39. The molecule has 0 aromatic heterocycles. The van der Waals surface area contributed by atoms with E-state index >= 15 is 0 Å². The fourth-order valence-corrected chi connectivity index (χ4v) is 3.75. The van der Waals surface area contributed by atoms with Crippen LogP contribution in [0.5, 0.6) is 0 Å². The maximum Gasteiger partial charge on any atom is 0.244 e. The summed E-state index contributed by atoms with van der Waals surface area (Å²) in [5.74, 6) is 5.93. The quantitative estimate of drug-likeness (QED) is 0.587. The lowest BCUT2D eigenvalue weighted by atomic mass is 10.2. The van der Waals surface area contributed by atoms with Gasteiger partial charge in [-0.2, -0.15) is 4.31 Å². The molecule has 0 bridgehead atoms. The van der Waals surface area contributed by atoms with E-state index in [1.54, 1.807) is 36.4 Å². The van der Waals surface area contributed by atoms with E-state index < -0.39 is 16.1 Å². The Morgan fingerprint density at radius 2 is 1.64 bits per heavy atom. The van der Waals surface area contributed by atoms with Crippen molar-refractivity contribution in [3.8, 4) is 11.8 Å². The van der Waals surface area contributed by atoms with Crippen molar-refractivity contribution in [2.45, 2.75) is 17.9 Å². The summed E-state index contributed by atoms with van der Waals surface area (Å²) in [5, 5.41) is 0. The lowest BCUT2D eigenvalue weighted by Gasteiger charge is -2.24. The zero-order chi connectivity index (χ0) is 18.3. The zero-order valence-corrected chi connectivity index (χ0v) is 15.0. The highest BCUT2D eigenvalue weighted by atomic mass is 32.2. The molecule has 25 heavy (non-hydrogen) atoms. The van der Waals surface area contributed by atoms with Crippen molar-refractivity contribution in [3.05, 3.63) is 91.0 Å². The van der Waals surface area contributed by atoms with Gasteiger partial charge in [-0.25, -0.2) is 8.42 Å². The van der Waals surface area contributed by atoms with Crippen LogP contribution in [0.4, 0.5) is 0 Å². The Balaban J connectivity index is 2.36. The molecule has 0 spiro atoms. The topological polar surface area (TPSA) is 37.4 Å². The fourth-order valence-electron chi connectivity index (χ4n) is 2.27. The van der Waals surface area contributed by atoms with Gasteiger partial charge in [0.1, 0.15) is 0 Å². The Morgan fingerprint density at radius 3 is 2.20 bits per heavy atom. The average Bonchev–Trinajstić information content (AvgIpc) is 2.62. The summed E-state index contributed by atoms with van der Waals surface area (Å²) in [7, 11) is -3.71. The van der Waals surface area contributed by atoms with Gasteiger partial charge in [0.05, 0.1) is 17.5 Å². The van der Waals surface area contributed by atoms with Gasteiger partial charge in [0.15, 0.2) is 0 Å². The predicted molar refractivity (Wildman–Crippen MR) is 103 cm³/mol. The Hall–Kier alpha value is -2.61. The molecule has 0 fully saturated rings. The van der Waals surface area contributed by atoms with E-state index in [0.717, 1.165) is 11.1 Å². The third kappa shape index (κ3) is 4.69. The summed E-state index contributed by atoms with van der Waals surface area (Å²) < 4.78 is 27.3. The standard InChI is InChI=1S/C21H21NO2S/c1-4-20(5-2)22(17-9-12-19-10-7-6-8-11-19)25(23,24)21-15-13-18(3)14-16-21/h4-8,10-11,13-16,20H,1-2,17H2,3H3. The molecule has 0 aliphatic rings. The first-order valence-corrected chi connectivity index (χ1v) is 9.30. The number of sulfonamides is 1. The number of rotatable bonds is 6. The molecule has 0 heterocycles. The number of nitrogens with zero attached hydrogens (tertiary/aromatic N) is 1. The van der Waals surface area contributed by atoms with Crippen molar-refractivity contribution in [2.75, 3.05) is 6.54 Å². The van der Waals surface area contributed by atoms with Crippen LogP contribution in [0.1, 0.15) is 11.1 Å². The summed E-state index contributed by atoms with van der Waals surface area (Å²) in [6.07, 6.45) is 3.09. The highest BCUT2D eigenvalue weighted by Gasteiger charge is 2.27. The summed E-state index contributed by atoms with van der Waals surface area (Å²) >= 11 is 0. The van der Waals surface area contributed by atoms with Crippen LogP contribution in [-0.2, 0) is 10.0 Å². The molecule has 2 aromatic rings. The molecular formula is C21H21NO2S. The Labute approximate surface area is 150 Å². The van der Waals surface area contributed by atoms with Crippen LogP contribution >= 0.6 is 0 Å². The molecule has 0 aliphatic carbocycles. The maximum absolute atomic E-state index is 13.0. The first-order valence-electron chi connectivity index (χ1n) is 7.86. The molecule has 0 saturated carbocycles. The Kier molecular flexibility index (Phi) is 6.35. The number of aryl methyl sites for hydroxylation is 1. The van der Waals surface area contributed by atoms with Gasteiger partial charge in [-0.3, -0.25) is 0 Å². The molecule has 128 valence electrons. The molecule has 0 aliphatic heterocycles. The molecule has 0 atom stereocenters. The first-order chi connectivity index (χ1) is 12.0. The molecule has 0 amide bonds. The molecule has 3 nitrogen and oxygen atoms in total. The van der Waals surface area contributed by atoms with E-state index in [0.29, 0.717) is 0 Å². The molecular weight excluding hydrogens is 330 g/mol. The lowest BCUT2D eigenvalue weighted by Crippen LogP contribution is -2.38. The van der Waals surface area contributed by atoms with Crippen molar-refractivity contribution in [1.82, 2.24) is 4.31 Å². The van der Waals surface area contributed by atoms with Crippen molar-refractivity contribution in [1.29, 1.82) is 0 Å². The Morgan fingerprint density at radius 1 is 1.04 bits per heavy atom. The van der Waals surface area contributed by atoms with Gasteiger partial charge >= 0.3 is 0 Å². The van der Waals surface area contributed by atoms with Gasteiger partial charge < -0.3 is 0 Å². The van der Waals surface area contributed by atoms with Crippen LogP contribution in [0, 0.1) is 18.8 Å². The van der Waals surface area contributed by atoms with Crippen LogP contribution in [0.3, 0.4) is 0 Å². The average molecular weight is 351 g/mol. The van der Waals surface area contributed by atoms with Gasteiger partial charge in [-0.05, 0) is 31.2 Å². The molecule has 4 heteroatoms.